The van der Waals surface area contributed by atoms with Crippen molar-refractivity contribution in [2.24, 2.45) is 0 Å². The summed E-state index contributed by atoms with van der Waals surface area (Å²) < 4.78 is 84.9. The molecule has 1 fully saturated rings. The summed E-state index contributed by atoms with van der Waals surface area (Å²) >= 11 is 0. The second-order valence-electron chi connectivity index (χ2n) is 7.91. The number of nitriles is 1. The molecule has 1 saturated heterocycles. The maximum atomic E-state index is 13.4. The predicted octanol–water partition coefficient (Wildman–Crippen LogP) is 0.480. The van der Waals surface area contributed by atoms with E-state index in [-0.39, 0.29) is 16.3 Å². The summed E-state index contributed by atoms with van der Waals surface area (Å²) in [6.45, 7) is -0.117. The standard InChI is InChI=1S/C21H18F3N3O10S/c1-11(28)35-15-17(27-8-13(21(22,23)24)16(29)26-19(27)31)36-14(20(15,10-25)37-38(2,32)33)9-34-18(30)12-6-4-3-5-7-12/h3-8,14-15,17H,9H2,1-2H3,(H,26,29,31)/t14-,15+,17-,20-/m1/s1. The molecule has 1 aliphatic rings. The number of benzene rings is 1. The third kappa shape index (κ3) is 5.93. The molecule has 38 heavy (non-hydrogen) atoms. The van der Waals surface area contributed by atoms with Crippen LogP contribution in [0.2, 0.25) is 0 Å². The van der Waals surface area contributed by atoms with Gasteiger partial charge >= 0.3 is 23.8 Å². The summed E-state index contributed by atoms with van der Waals surface area (Å²) in [6.07, 6.45) is -11.0. The molecular formula is C21H18F3N3O10S. The van der Waals surface area contributed by atoms with Crippen molar-refractivity contribution in [2.75, 3.05) is 12.9 Å². The molecule has 0 bridgehead atoms. The maximum Gasteiger partial charge on any atom is 0.423 e. The zero-order valence-corrected chi connectivity index (χ0v) is 20.2. The van der Waals surface area contributed by atoms with Gasteiger partial charge in [0, 0.05) is 13.1 Å². The van der Waals surface area contributed by atoms with Crippen LogP contribution in [0.5, 0.6) is 0 Å². The number of aromatic nitrogens is 2. The summed E-state index contributed by atoms with van der Waals surface area (Å²) in [5.74, 6) is -2.13. The van der Waals surface area contributed by atoms with E-state index in [2.05, 4.69) is 0 Å². The van der Waals surface area contributed by atoms with E-state index < -0.39 is 75.7 Å². The molecule has 0 unspecified atom stereocenters. The van der Waals surface area contributed by atoms with Crippen LogP contribution in [-0.2, 0) is 39.5 Å². The average molecular weight is 561 g/mol. The molecule has 0 amide bonds. The first-order chi connectivity index (χ1) is 17.6. The minimum Gasteiger partial charge on any atom is -0.459 e. The lowest BCUT2D eigenvalue weighted by Crippen LogP contribution is -2.53. The second kappa shape index (κ2) is 10.4. The van der Waals surface area contributed by atoms with Gasteiger partial charge in [-0.05, 0) is 12.1 Å². The SMILES string of the molecule is CC(=O)O[C@H]1[C@H](n2cc(C(F)(F)F)c(=O)[nH]c2=O)O[C@H](COC(=O)c2ccccc2)[C@@]1(C#N)OS(C)(=O)=O. The number of rotatable bonds is 7. The number of carbonyl (C=O) groups excluding carboxylic acids is 2. The molecule has 0 spiro atoms. The first-order valence-electron chi connectivity index (χ1n) is 10.4. The highest BCUT2D eigenvalue weighted by atomic mass is 32.2. The molecule has 0 radical (unpaired) electrons. The molecule has 3 rings (SSSR count). The first kappa shape index (κ1) is 28.6. The molecule has 4 atom stereocenters. The van der Waals surface area contributed by atoms with Crippen molar-refractivity contribution in [3.05, 3.63) is 68.5 Å². The quantitative estimate of drug-likeness (QED) is 0.366. The Morgan fingerprint density at radius 3 is 2.39 bits per heavy atom. The van der Waals surface area contributed by atoms with Gasteiger partial charge in [-0.2, -0.15) is 26.9 Å². The number of aromatic amines is 1. The number of H-pyrrole nitrogens is 1. The molecule has 2 aromatic rings. The molecule has 0 aliphatic carbocycles. The van der Waals surface area contributed by atoms with Crippen molar-refractivity contribution in [1.82, 2.24) is 9.55 Å². The van der Waals surface area contributed by atoms with Gasteiger partial charge in [0.15, 0.2) is 12.3 Å². The van der Waals surface area contributed by atoms with Gasteiger partial charge < -0.3 is 14.2 Å². The third-order valence-electron chi connectivity index (χ3n) is 5.14. The Kier molecular flexibility index (Phi) is 7.81. The van der Waals surface area contributed by atoms with Gasteiger partial charge in [-0.1, -0.05) is 18.2 Å². The number of halogens is 3. The van der Waals surface area contributed by atoms with Gasteiger partial charge in [0.1, 0.15) is 24.3 Å². The smallest absolute Gasteiger partial charge is 0.423 e. The van der Waals surface area contributed by atoms with E-state index in [4.69, 9.17) is 18.4 Å². The van der Waals surface area contributed by atoms with Gasteiger partial charge in [0.05, 0.1) is 11.8 Å². The molecular weight excluding hydrogens is 543 g/mol. The van der Waals surface area contributed by atoms with E-state index >= 15 is 0 Å². The zero-order valence-electron chi connectivity index (χ0n) is 19.4. The van der Waals surface area contributed by atoms with Crippen molar-refractivity contribution in [3.63, 3.8) is 0 Å². The number of carbonyl (C=O) groups is 2. The summed E-state index contributed by atoms with van der Waals surface area (Å²) in [6, 6.07) is 8.81. The normalized spacial score (nSPS) is 23.4. The highest BCUT2D eigenvalue weighted by Gasteiger charge is 2.64. The number of nitrogens with one attached hydrogen (secondary N) is 1. The van der Waals surface area contributed by atoms with Crippen LogP contribution in [0.15, 0.2) is 46.1 Å². The van der Waals surface area contributed by atoms with E-state index in [1.165, 1.54) is 35.3 Å². The van der Waals surface area contributed by atoms with Crippen LogP contribution in [-0.4, -0.2) is 60.6 Å². The van der Waals surface area contributed by atoms with Crippen LogP contribution in [0, 0.1) is 11.3 Å². The third-order valence-corrected chi connectivity index (χ3v) is 5.72. The van der Waals surface area contributed by atoms with E-state index in [0.717, 1.165) is 6.92 Å². The first-order valence-corrected chi connectivity index (χ1v) is 12.2. The van der Waals surface area contributed by atoms with Crippen LogP contribution < -0.4 is 11.2 Å². The number of esters is 2. The van der Waals surface area contributed by atoms with Crippen LogP contribution in [0.4, 0.5) is 13.2 Å². The van der Waals surface area contributed by atoms with Gasteiger partial charge in [0.25, 0.3) is 15.7 Å². The van der Waals surface area contributed by atoms with E-state index in [0.29, 0.717) is 6.26 Å². The topological polar surface area (TPSA) is 184 Å². The molecule has 1 aliphatic heterocycles. The van der Waals surface area contributed by atoms with Crippen LogP contribution >= 0.6 is 0 Å². The van der Waals surface area contributed by atoms with E-state index in [9.17, 15) is 46.0 Å². The molecule has 1 N–H and O–H groups in total. The number of nitrogens with zero attached hydrogens (tertiary/aromatic N) is 2. The van der Waals surface area contributed by atoms with Gasteiger partial charge in [-0.3, -0.25) is 19.1 Å². The monoisotopic (exact) mass is 561 g/mol. The molecule has 2 heterocycles. The minimum atomic E-state index is -5.25. The highest BCUT2D eigenvalue weighted by molar-refractivity contribution is 7.86. The van der Waals surface area contributed by atoms with Gasteiger partial charge in [-0.25, -0.2) is 13.8 Å². The maximum absolute atomic E-state index is 13.4. The fourth-order valence-corrected chi connectivity index (χ4v) is 4.37. The summed E-state index contributed by atoms with van der Waals surface area (Å²) in [5, 5.41) is 10.0. The second-order valence-corrected chi connectivity index (χ2v) is 9.48. The van der Waals surface area contributed by atoms with E-state index in [1.807, 2.05) is 0 Å². The van der Waals surface area contributed by atoms with Gasteiger partial charge in [-0.15, -0.1) is 0 Å². The van der Waals surface area contributed by atoms with Gasteiger partial charge in [0.2, 0.25) is 5.60 Å². The Labute approximate surface area is 211 Å². The Balaban J connectivity index is 2.15. The number of alkyl halides is 3. The zero-order chi connectivity index (χ0) is 28.5. The van der Waals surface area contributed by atoms with Crippen LogP contribution in [0.3, 0.4) is 0 Å². The lowest BCUT2D eigenvalue weighted by molar-refractivity contribution is -0.158. The van der Waals surface area contributed by atoms with Crippen molar-refractivity contribution in [1.29, 1.82) is 5.26 Å². The molecule has 1 aromatic heterocycles. The van der Waals surface area contributed by atoms with Crippen LogP contribution in [0.1, 0.15) is 29.1 Å². The van der Waals surface area contributed by atoms with Crippen molar-refractivity contribution < 1.29 is 49.6 Å². The summed E-state index contributed by atoms with van der Waals surface area (Å²) in [7, 11) is -4.58. The number of ether oxygens (including phenoxy) is 3. The largest absolute Gasteiger partial charge is 0.459 e. The Morgan fingerprint density at radius 2 is 1.87 bits per heavy atom. The van der Waals surface area contributed by atoms with Crippen molar-refractivity contribution in [3.8, 4) is 6.07 Å². The molecule has 0 saturated carbocycles. The lowest BCUT2D eigenvalue weighted by Gasteiger charge is -2.30. The fourth-order valence-electron chi connectivity index (χ4n) is 3.63. The molecule has 17 heteroatoms. The summed E-state index contributed by atoms with van der Waals surface area (Å²) in [4.78, 5) is 49.9. The van der Waals surface area contributed by atoms with Crippen LogP contribution in [0.25, 0.3) is 0 Å². The Bertz CT molecular complexity index is 1500. The fraction of sp³-hybridized carbons (Fsp3) is 0.381. The molecule has 1 aromatic carbocycles. The highest BCUT2D eigenvalue weighted by Crippen LogP contribution is 2.43. The summed E-state index contributed by atoms with van der Waals surface area (Å²) in [5.41, 5.74) is -7.95. The molecule has 204 valence electrons. The Morgan fingerprint density at radius 1 is 1.24 bits per heavy atom. The number of hydrogen-bond donors (Lipinski definition) is 1. The number of hydrogen-bond acceptors (Lipinski definition) is 11. The predicted molar refractivity (Wildman–Crippen MR) is 117 cm³/mol. The Hall–Kier alpha value is -4.01. The average Bonchev–Trinajstić information content (AvgIpc) is 3.08. The molecule has 13 nitrogen and oxygen atoms in total. The van der Waals surface area contributed by atoms with E-state index in [1.54, 1.807) is 6.07 Å². The lowest BCUT2D eigenvalue weighted by atomic mass is 9.93. The van der Waals surface area contributed by atoms with Crippen molar-refractivity contribution >= 4 is 22.1 Å². The van der Waals surface area contributed by atoms with Crippen molar-refractivity contribution in [2.45, 2.75) is 37.1 Å². The minimum absolute atomic E-state index is 0.0387.